The van der Waals surface area contributed by atoms with E-state index in [1.54, 1.807) is 33.8 Å². The normalized spacial score (nSPS) is 16.2. The quantitative estimate of drug-likeness (QED) is 0.623. The van der Waals surface area contributed by atoms with Gasteiger partial charge in [0.25, 0.3) is 5.91 Å². The zero-order valence-electron chi connectivity index (χ0n) is 15.7. The van der Waals surface area contributed by atoms with Crippen LogP contribution in [0.2, 0.25) is 0 Å². The molecule has 0 spiro atoms. The van der Waals surface area contributed by atoms with Crippen molar-refractivity contribution in [1.29, 1.82) is 0 Å². The lowest BCUT2D eigenvalue weighted by Gasteiger charge is -2.22. The number of carbonyl (C=O) groups is 2. The first-order valence-corrected chi connectivity index (χ1v) is 8.15. The Bertz CT molecular complexity index is 725. The summed E-state index contributed by atoms with van der Waals surface area (Å²) in [6.07, 6.45) is 1.72. The maximum absolute atomic E-state index is 12.5. The minimum atomic E-state index is -0.586. The van der Waals surface area contributed by atoms with Gasteiger partial charge in [-0.3, -0.25) is 14.5 Å². The van der Waals surface area contributed by atoms with E-state index in [2.05, 4.69) is 4.99 Å². The number of carbonyl (C=O) groups excluding carboxylic acids is 2. The van der Waals surface area contributed by atoms with Crippen LogP contribution in [-0.2, 0) is 14.3 Å². The van der Waals surface area contributed by atoms with Crippen LogP contribution >= 0.6 is 0 Å². The molecule has 0 radical (unpaired) electrons. The largest absolute Gasteiger partial charge is 0.459 e. The number of esters is 1. The molecule has 1 heterocycles. The summed E-state index contributed by atoms with van der Waals surface area (Å²) in [5.41, 5.74) is 1.69. The van der Waals surface area contributed by atoms with Crippen LogP contribution in [0.25, 0.3) is 6.08 Å². The van der Waals surface area contributed by atoms with Gasteiger partial charge in [-0.2, -0.15) is 0 Å². The minimum Gasteiger partial charge on any atom is -0.459 e. The number of nitrogens with zero attached hydrogens (tertiary/aromatic N) is 3. The molecule has 0 fully saturated rings. The fourth-order valence-electron chi connectivity index (χ4n) is 2.38. The van der Waals surface area contributed by atoms with Crippen molar-refractivity contribution in [2.75, 3.05) is 25.5 Å². The van der Waals surface area contributed by atoms with Gasteiger partial charge in [-0.15, -0.1) is 0 Å². The highest BCUT2D eigenvalue weighted by Gasteiger charge is 2.30. The van der Waals surface area contributed by atoms with Crippen LogP contribution in [0.15, 0.2) is 35.0 Å². The first-order valence-electron chi connectivity index (χ1n) is 8.15. The molecule has 0 N–H and O–H groups in total. The van der Waals surface area contributed by atoms with E-state index in [0.29, 0.717) is 11.5 Å². The molecular weight excluding hydrogens is 318 g/mol. The molecule has 1 amide bonds. The van der Waals surface area contributed by atoms with Gasteiger partial charge in [0.2, 0.25) is 0 Å². The van der Waals surface area contributed by atoms with Crippen LogP contribution in [0, 0.1) is 0 Å². The molecule has 0 unspecified atom stereocenters. The van der Waals surface area contributed by atoms with Crippen molar-refractivity contribution in [3.8, 4) is 0 Å². The van der Waals surface area contributed by atoms with Crippen LogP contribution in [0.5, 0.6) is 0 Å². The van der Waals surface area contributed by atoms with Crippen LogP contribution in [0.4, 0.5) is 5.69 Å². The molecule has 25 heavy (non-hydrogen) atoms. The summed E-state index contributed by atoms with van der Waals surface area (Å²) in [4.78, 5) is 32.1. The Hall–Kier alpha value is -2.63. The van der Waals surface area contributed by atoms with Crippen molar-refractivity contribution in [2.24, 2.45) is 4.99 Å². The highest BCUT2D eigenvalue weighted by Crippen LogP contribution is 2.20. The van der Waals surface area contributed by atoms with E-state index in [1.165, 1.54) is 4.90 Å². The number of amides is 1. The molecule has 2 rings (SSSR count). The predicted octanol–water partition coefficient (Wildman–Crippen LogP) is 2.70. The second-order valence-corrected chi connectivity index (χ2v) is 7.15. The number of rotatable bonds is 4. The van der Waals surface area contributed by atoms with E-state index in [9.17, 15) is 9.59 Å². The van der Waals surface area contributed by atoms with Crippen molar-refractivity contribution in [2.45, 2.75) is 33.3 Å². The van der Waals surface area contributed by atoms with Gasteiger partial charge in [0.15, 0.2) is 0 Å². The number of ether oxygens (including phenoxy) is 1. The minimum absolute atomic E-state index is 0.137. The van der Waals surface area contributed by atoms with E-state index in [0.717, 1.165) is 11.3 Å². The standard InChI is InChI=1S/C19H25N3O3/c1-13-20-16(11-14-7-9-15(10-8-14)21(5)6)18(24)22(13)12-17(23)25-19(2,3)4/h7-11H,12H2,1-6H3/b16-11+. The van der Waals surface area contributed by atoms with Crippen LogP contribution < -0.4 is 4.90 Å². The van der Waals surface area contributed by atoms with Crippen molar-refractivity contribution in [1.82, 2.24) is 4.90 Å². The fourth-order valence-corrected chi connectivity index (χ4v) is 2.38. The van der Waals surface area contributed by atoms with E-state index >= 15 is 0 Å². The van der Waals surface area contributed by atoms with Gasteiger partial charge in [0, 0.05) is 19.8 Å². The molecular formula is C19H25N3O3. The van der Waals surface area contributed by atoms with Gasteiger partial charge < -0.3 is 9.64 Å². The molecule has 1 aromatic carbocycles. The van der Waals surface area contributed by atoms with Crippen molar-refractivity contribution < 1.29 is 14.3 Å². The van der Waals surface area contributed by atoms with Crippen molar-refractivity contribution in [3.63, 3.8) is 0 Å². The van der Waals surface area contributed by atoms with Gasteiger partial charge in [-0.25, -0.2) is 4.99 Å². The third-order valence-electron chi connectivity index (χ3n) is 3.56. The Morgan fingerprint density at radius 2 is 1.84 bits per heavy atom. The number of hydrogen-bond donors (Lipinski definition) is 0. The second-order valence-electron chi connectivity index (χ2n) is 7.15. The monoisotopic (exact) mass is 343 g/mol. The molecule has 6 heteroatoms. The molecule has 1 aliphatic rings. The molecule has 0 bridgehead atoms. The maximum Gasteiger partial charge on any atom is 0.326 e. The average molecular weight is 343 g/mol. The van der Waals surface area contributed by atoms with Crippen molar-refractivity contribution in [3.05, 3.63) is 35.5 Å². The molecule has 0 atom stereocenters. The van der Waals surface area contributed by atoms with Crippen LogP contribution in [-0.4, -0.2) is 48.9 Å². The van der Waals surface area contributed by atoms with E-state index in [1.807, 2.05) is 43.3 Å². The maximum atomic E-state index is 12.5. The summed E-state index contributed by atoms with van der Waals surface area (Å²) < 4.78 is 5.27. The molecule has 0 saturated carbocycles. The van der Waals surface area contributed by atoms with E-state index < -0.39 is 11.6 Å². The average Bonchev–Trinajstić information content (AvgIpc) is 2.73. The number of amidine groups is 1. The first kappa shape index (κ1) is 18.7. The highest BCUT2D eigenvalue weighted by molar-refractivity contribution is 6.14. The zero-order valence-corrected chi connectivity index (χ0v) is 15.7. The lowest BCUT2D eigenvalue weighted by molar-refractivity contribution is -0.156. The molecule has 0 saturated heterocycles. The summed E-state index contributed by atoms with van der Waals surface area (Å²) in [7, 11) is 3.94. The van der Waals surface area contributed by atoms with E-state index in [-0.39, 0.29) is 12.5 Å². The van der Waals surface area contributed by atoms with Gasteiger partial charge in [-0.05, 0) is 51.5 Å². The van der Waals surface area contributed by atoms with Gasteiger partial charge in [0.1, 0.15) is 23.7 Å². The smallest absolute Gasteiger partial charge is 0.326 e. The molecule has 0 aromatic heterocycles. The Kier molecular flexibility index (Phi) is 5.30. The fraction of sp³-hybridized carbons (Fsp3) is 0.421. The number of hydrogen-bond acceptors (Lipinski definition) is 5. The number of aliphatic imine (C=N–C) groups is 1. The lowest BCUT2D eigenvalue weighted by Crippen LogP contribution is -2.38. The molecule has 0 aliphatic carbocycles. The van der Waals surface area contributed by atoms with Gasteiger partial charge in [-0.1, -0.05) is 12.1 Å². The van der Waals surface area contributed by atoms with Gasteiger partial charge >= 0.3 is 5.97 Å². The summed E-state index contributed by atoms with van der Waals surface area (Å²) in [6.45, 7) is 6.95. The summed E-state index contributed by atoms with van der Waals surface area (Å²) in [5, 5.41) is 0. The van der Waals surface area contributed by atoms with Gasteiger partial charge in [0.05, 0.1) is 0 Å². The predicted molar refractivity (Wildman–Crippen MR) is 99.4 cm³/mol. The summed E-state index contributed by atoms with van der Waals surface area (Å²) >= 11 is 0. The van der Waals surface area contributed by atoms with Crippen LogP contribution in [0.1, 0.15) is 33.3 Å². The Labute approximate surface area is 148 Å². The zero-order chi connectivity index (χ0) is 18.8. The third-order valence-corrected chi connectivity index (χ3v) is 3.56. The Morgan fingerprint density at radius 3 is 2.36 bits per heavy atom. The Morgan fingerprint density at radius 1 is 1.24 bits per heavy atom. The van der Waals surface area contributed by atoms with Crippen molar-refractivity contribution >= 4 is 29.5 Å². The molecule has 1 aromatic rings. The Balaban J connectivity index is 2.12. The number of benzene rings is 1. The number of anilines is 1. The first-order chi connectivity index (χ1) is 11.6. The highest BCUT2D eigenvalue weighted by atomic mass is 16.6. The molecule has 6 nitrogen and oxygen atoms in total. The second kappa shape index (κ2) is 7.09. The molecule has 134 valence electrons. The lowest BCUT2D eigenvalue weighted by atomic mass is 10.1. The molecule has 1 aliphatic heterocycles. The topological polar surface area (TPSA) is 62.2 Å². The summed E-state index contributed by atoms with van der Waals surface area (Å²) in [6, 6.07) is 7.80. The van der Waals surface area contributed by atoms with Crippen LogP contribution in [0.3, 0.4) is 0 Å². The van der Waals surface area contributed by atoms with E-state index in [4.69, 9.17) is 4.74 Å². The summed E-state index contributed by atoms with van der Waals surface area (Å²) in [5.74, 6) is -0.251. The third kappa shape index (κ3) is 4.92. The SMILES string of the molecule is CC1=N/C(=C/c2ccc(N(C)C)cc2)C(=O)N1CC(=O)OC(C)(C)C.